The van der Waals surface area contributed by atoms with Gasteiger partial charge in [0, 0.05) is 29.6 Å². The van der Waals surface area contributed by atoms with Crippen LogP contribution in [0.15, 0.2) is 34.1 Å². The van der Waals surface area contributed by atoms with Crippen molar-refractivity contribution in [2.24, 2.45) is 5.41 Å². The Morgan fingerprint density at radius 3 is 1.59 bits per heavy atom. The lowest BCUT2D eigenvalue weighted by Gasteiger charge is -2.18. The predicted octanol–water partition coefficient (Wildman–Crippen LogP) is 7.21. The summed E-state index contributed by atoms with van der Waals surface area (Å²) in [6.45, 7) is 17.6. The molecule has 0 saturated heterocycles. The highest BCUT2D eigenvalue weighted by Gasteiger charge is 2.28. The lowest BCUT2D eigenvalue weighted by molar-refractivity contribution is 0.0853. The Labute approximate surface area is 246 Å². The fourth-order valence-electron chi connectivity index (χ4n) is 2.88. The zero-order valence-electron chi connectivity index (χ0n) is 25.3. The molecule has 1 fully saturated rings. The van der Waals surface area contributed by atoms with Crippen molar-refractivity contribution in [1.29, 1.82) is 0 Å². The average Bonchev–Trinajstić information content (AvgIpc) is 3.69. The number of Topliss-reactive ketones (excluding diaryl/α,β-unsaturated/α-hetero) is 2. The van der Waals surface area contributed by atoms with Crippen LogP contribution in [0.2, 0.25) is 0 Å². The van der Waals surface area contributed by atoms with E-state index in [1.807, 2.05) is 27.7 Å². The van der Waals surface area contributed by atoms with Crippen molar-refractivity contribution < 1.29 is 35.6 Å². The van der Waals surface area contributed by atoms with E-state index in [4.69, 9.17) is 0 Å². The van der Waals surface area contributed by atoms with Gasteiger partial charge in [-0.3, -0.25) is 9.59 Å². The predicted molar refractivity (Wildman–Crippen MR) is 156 cm³/mol. The van der Waals surface area contributed by atoms with Crippen LogP contribution in [0.5, 0.6) is 0 Å². The van der Waals surface area contributed by atoms with Gasteiger partial charge < -0.3 is 0 Å². The molecular weight excluding hydrogens is 580 g/mol. The number of carbonyl (C=O) groups excluding carboxylic acids is 2. The van der Waals surface area contributed by atoms with E-state index in [1.165, 1.54) is 6.92 Å². The van der Waals surface area contributed by atoms with E-state index in [0.717, 1.165) is 25.0 Å². The first-order valence-corrected chi connectivity index (χ1v) is 15.7. The quantitative estimate of drug-likeness (QED) is 0.240. The van der Waals surface area contributed by atoms with Crippen LogP contribution in [0.3, 0.4) is 0 Å². The minimum atomic E-state index is -1.83. The second kappa shape index (κ2) is 17.6. The van der Waals surface area contributed by atoms with Crippen molar-refractivity contribution in [2.75, 3.05) is 0 Å². The number of nitrogens with one attached hydrogen (secondary N) is 2. The van der Waals surface area contributed by atoms with E-state index in [2.05, 4.69) is 9.44 Å². The van der Waals surface area contributed by atoms with Gasteiger partial charge in [0.1, 0.15) is 45.2 Å². The van der Waals surface area contributed by atoms with Crippen LogP contribution in [0.1, 0.15) is 103 Å². The van der Waals surface area contributed by atoms with Gasteiger partial charge in [-0.1, -0.05) is 48.5 Å². The number of hydrogen-bond donors (Lipinski definition) is 2. The number of rotatable bonds is 8. The van der Waals surface area contributed by atoms with Crippen LogP contribution in [-0.4, -0.2) is 32.1 Å². The highest BCUT2D eigenvalue weighted by Crippen LogP contribution is 2.26. The normalized spacial score (nSPS) is 13.9. The molecule has 0 amide bonds. The number of ketones is 2. The highest BCUT2D eigenvalue weighted by atomic mass is 32.2. The van der Waals surface area contributed by atoms with Crippen molar-refractivity contribution in [2.45, 2.75) is 104 Å². The van der Waals surface area contributed by atoms with Crippen LogP contribution in [-0.2, 0) is 22.0 Å². The van der Waals surface area contributed by atoms with Crippen LogP contribution in [0.4, 0.5) is 17.6 Å². The van der Waals surface area contributed by atoms with Crippen molar-refractivity contribution in [1.82, 2.24) is 9.44 Å². The zero-order chi connectivity index (χ0) is 32.2. The molecule has 2 N–H and O–H groups in total. The van der Waals surface area contributed by atoms with Gasteiger partial charge in [0.05, 0.1) is 20.9 Å². The fraction of sp³-hybridized carbons (Fsp3) is 0.517. The Hall–Kier alpha value is -2.28. The molecule has 232 valence electrons. The number of carbonyl (C=O) groups is 2. The molecule has 0 aromatic heterocycles. The van der Waals surface area contributed by atoms with Gasteiger partial charge in [0.15, 0.2) is 11.6 Å². The molecule has 2 aromatic carbocycles. The molecule has 2 aromatic rings. The van der Waals surface area contributed by atoms with Gasteiger partial charge in [-0.15, -0.1) is 0 Å². The monoisotopic (exact) mass is 622 g/mol. The Bertz CT molecular complexity index is 1240. The summed E-state index contributed by atoms with van der Waals surface area (Å²) in [5, 5.41) is 0. The Kier molecular flexibility index (Phi) is 16.6. The van der Waals surface area contributed by atoms with Gasteiger partial charge in [0.2, 0.25) is 0 Å². The smallest absolute Gasteiger partial charge is 0.171 e. The summed E-state index contributed by atoms with van der Waals surface area (Å²) in [5.74, 6) is -4.68. The topological polar surface area (TPSA) is 92.3 Å². The van der Waals surface area contributed by atoms with Crippen molar-refractivity contribution in [3.63, 3.8) is 0 Å². The first-order valence-electron chi connectivity index (χ1n) is 13.4. The summed E-state index contributed by atoms with van der Waals surface area (Å²) < 4.78 is 83.1. The lowest BCUT2D eigenvalue weighted by Crippen LogP contribution is -2.27. The molecule has 12 heteroatoms. The molecule has 0 bridgehead atoms. The Morgan fingerprint density at radius 2 is 1.20 bits per heavy atom. The van der Waals surface area contributed by atoms with Crippen LogP contribution in [0, 0.1) is 28.7 Å². The lowest BCUT2D eigenvalue weighted by atomic mass is 9.86. The second-order valence-electron chi connectivity index (χ2n) is 9.86. The first kappa shape index (κ1) is 38.7. The van der Waals surface area contributed by atoms with E-state index in [9.17, 15) is 35.6 Å². The molecule has 2 unspecified atom stereocenters. The van der Waals surface area contributed by atoms with Crippen LogP contribution >= 0.6 is 0 Å². The summed E-state index contributed by atoms with van der Waals surface area (Å²) in [4.78, 5) is 22.8. The minimum absolute atomic E-state index is 0.126. The summed E-state index contributed by atoms with van der Waals surface area (Å²) in [6.07, 6.45) is 1.79. The van der Waals surface area contributed by atoms with E-state index in [-0.39, 0.29) is 33.0 Å². The molecule has 0 heterocycles. The van der Waals surface area contributed by atoms with Gasteiger partial charge in [-0.25, -0.2) is 35.4 Å². The summed E-state index contributed by atoms with van der Waals surface area (Å²) in [7, 11) is -3.57. The summed E-state index contributed by atoms with van der Waals surface area (Å²) in [5.41, 5.74) is -1.29. The maximum Gasteiger partial charge on any atom is 0.171 e. The zero-order valence-corrected chi connectivity index (χ0v) is 27.0. The first-order chi connectivity index (χ1) is 19.0. The minimum Gasteiger partial charge on any atom is -0.294 e. The van der Waals surface area contributed by atoms with Gasteiger partial charge in [-0.05, 0) is 45.7 Å². The van der Waals surface area contributed by atoms with Gasteiger partial charge in [0.25, 0.3) is 0 Å². The molecule has 41 heavy (non-hydrogen) atoms. The summed E-state index contributed by atoms with van der Waals surface area (Å²) >= 11 is 0. The average molecular weight is 623 g/mol. The molecule has 1 aliphatic carbocycles. The molecule has 6 nitrogen and oxygen atoms in total. The second-order valence-corrected chi connectivity index (χ2v) is 12.3. The van der Waals surface area contributed by atoms with Crippen molar-refractivity contribution in [3.05, 3.63) is 58.7 Å². The van der Waals surface area contributed by atoms with E-state index >= 15 is 0 Å². The number of hydrogen-bond acceptors (Lipinski definition) is 4. The molecule has 1 saturated carbocycles. The molecule has 1 aliphatic rings. The SMILES string of the molecule is CC.CC.CC(=O)c1cc(S(=O)NC2CC2)c(F)cc1F.CC(C)NS(=O)c1cc(C(=O)C(C)(C)C)c(F)cc1F. The maximum absolute atomic E-state index is 13.8. The largest absolute Gasteiger partial charge is 0.294 e. The molecule has 0 aliphatic heterocycles. The maximum atomic E-state index is 13.8. The molecule has 2 atom stereocenters. The number of halogens is 4. The van der Waals surface area contributed by atoms with E-state index in [0.29, 0.717) is 12.1 Å². The summed E-state index contributed by atoms with van der Waals surface area (Å²) in [6, 6.07) is 3.23. The van der Waals surface area contributed by atoms with Crippen LogP contribution in [0.25, 0.3) is 0 Å². The standard InChI is InChI=1S/C14H19F2NO2S.C11H11F2NO2S.2C2H6/c1-8(2)17-20(19)12-6-9(10(15)7-11(12)16)13(18)14(3,4)5;1-6(15)8-4-11(10(13)5-9(8)12)17(16)14-7-2-3-7;2*1-2/h6-8,17H,1-5H3;4-5,7,14H,2-3H2,1H3;2*1-2H3. The third-order valence-electron chi connectivity index (χ3n) is 4.94. The van der Waals surface area contributed by atoms with E-state index in [1.54, 1.807) is 34.6 Å². The molecule has 3 rings (SSSR count). The van der Waals surface area contributed by atoms with Crippen molar-refractivity contribution in [3.8, 4) is 0 Å². The molecule has 0 radical (unpaired) electrons. The van der Waals surface area contributed by atoms with E-state index < -0.39 is 62.2 Å². The highest BCUT2D eigenvalue weighted by molar-refractivity contribution is 7.83. The fourth-order valence-corrected chi connectivity index (χ4v) is 5.03. The van der Waals surface area contributed by atoms with Crippen molar-refractivity contribution >= 4 is 33.5 Å². The third kappa shape index (κ3) is 12.2. The Balaban J connectivity index is 0.000000701. The molecular formula is C29H42F4N2O4S2. The van der Waals surface area contributed by atoms with Gasteiger partial charge in [-0.2, -0.15) is 0 Å². The third-order valence-corrected chi connectivity index (χ3v) is 7.60. The van der Waals surface area contributed by atoms with Crippen LogP contribution < -0.4 is 9.44 Å². The van der Waals surface area contributed by atoms with Gasteiger partial charge >= 0.3 is 0 Å². The molecule has 0 spiro atoms. The number of benzene rings is 2. The Morgan fingerprint density at radius 1 is 0.780 bits per heavy atom.